The Morgan fingerprint density at radius 1 is 1.50 bits per heavy atom. The summed E-state index contributed by atoms with van der Waals surface area (Å²) >= 11 is 0. The van der Waals surface area contributed by atoms with Gasteiger partial charge in [0, 0.05) is 19.7 Å². The average Bonchev–Trinajstić information content (AvgIpc) is 2.86. The normalized spacial score (nSPS) is 23.7. The molecule has 0 spiro atoms. The SMILES string of the molecule is CCC(N)C(c1ccc(C)o1)N1CCCC(COC)C1. The summed E-state index contributed by atoms with van der Waals surface area (Å²) in [5, 5.41) is 0. The number of nitrogens with two attached hydrogens (primary N) is 1. The van der Waals surface area contributed by atoms with Crippen LogP contribution in [0.1, 0.15) is 43.7 Å². The highest BCUT2D eigenvalue weighted by Crippen LogP contribution is 2.31. The first-order valence-electron chi connectivity index (χ1n) is 7.70. The van der Waals surface area contributed by atoms with Gasteiger partial charge in [-0.05, 0) is 50.8 Å². The van der Waals surface area contributed by atoms with Crippen LogP contribution in [-0.2, 0) is 4.74 Å². The minimum absolute atomic E-state index is 0.113. The lowest BCUT2D eigenvalue weighted by atomic mass is 9.94. The van der Waals surface area contributed by atoms with Crippen molar-refractivity contribution in [1.82, 2.24) is 4.90 Å². The van der Waals surface area contributed by atoms with E-state index in [-0.39, 0.29) is 12.1 Å². The minimum atomic E-state index is 0.113. The number of hydrogen-bond acceptors (Lipinski definition) is 4. The second-order valence-corrected chi connectivity index (χ2v) is 5.92. The lowest BCUT2D eigenvalue weighted by Gasteiger charge is -2.39. The molecule has 3 atom stereocenters. The van der Waals surface area contributed by atoms with E-state index < -0.39 is 0 Å². The van der Waals surface area contributed by atoms with Crippen molar-refractivity contribution in [1.29, 1.82) is 0 Å². The maximum absolute atomic E-state index is 6.38. The average molecular weight is 280 g/mol. The standard InChI is InChI=1S/C16H28N2O2/c1-4-14(17)16(15-8-7-12(2)20-15)18-9-5-6-13(10-18)11-19-3/h7-8,13-14,16H,4-6,9-11,17H2,1-3H3. The second kappa shape index (κ2) is 7.25. The molecule has 3 unspecified atom stereocenters. The smallest absolute Gasteiger partial charge is 0.122 e. The maximum Gasteiger partial charge on any atom is 0.122 e. The van der Waals surface area contributed by atoms with Crippen LogP contribution < -0.4 is 5.73 Å². The molecule has 2 N–H and O–H groups in total. The van der Waals surface area contributed by atoms with Gasteiger partial charge in [0.15, 0.2) is 0 Å². The van der Waals surface area contributed by atoms with Gasteiger partial charge in [-0.15, -0.1) is 0 Å². The van der Waals surface area contributed by atoms with Crippen LogP contribution in [0.2, 0.25) is 0 Å². The van der Waals surface area contributed by atoms with E-state index in [1.165, 1.54) is 12.8 Å². The van der Waals surface area contributed by atoms with Crippen molar-refractivity contribution in [3.8, 4) is 0 Å². The van der Waals surface area contributed by atoms with E-state index in [2.05, 4.69) is 17.9 Å². The van der Waals surface area contributed by atoms with Crippen molar-refractivity contribution in [3.05, 3.63) is 23.7 Å². The molecule has 20 heavy (non-hydrogen) atoms. The zero-order valence-corrected chi connectivity index (χ0v) is 13.0. The first-order chi connectivity index (χ1) is 9.65. The highest BCUT2D eigenvalue weighted by Gasteiger charge is 2.32. The highest BCUT2D eigenvalue weighted by atomic mass is 16.5. The molecule has 1 aliphatic rings. The first kappa shape index (κ1) is 15.5. The van der Waals surface area contributed by atoms with E-state index in [0.29, 0.717) is 5.92 Å². The summed E-state index contributed by atoms with van der Waals surface area (Å²) in [6.07, 6.45) is 3.41. The van der Waals surface area contributed by atoms with Gasteiger partial charge < -0.3 is 14.9 Å². The molecule has 2 rings (SSSR count). The third-order valence-electron chi connectivity index (χ3n) is 4.28. The molecule has 4 nitrogen and oxygen atoms in total. The van der Waals surface area contributed by atoms with Crippen LogP contribution in [0.4, 0.5) is 0 Å². The summed E-state index contributed by atoms with van der Waals surface area (Å²) in [6.45, 7) is 7.11. The van der Waals surface area contributed by atoms with Gasteiger partial charge in [-0.1, -0.05) is 6.92 Å². The maximum atomic E-state index is 6.38. The number of methoxy groups -OCH3 is 1. The van der Waals surface area contributed by atoms with Gasteiger partial charge in [-0.25, -0.2) is 0 Å². The van der Waals surface area contributed by atoms with Crippen LogP contribution in [0.3, 0.4) is 0 Å². The van der Waals surface area contributed by atoms with Crippen LogP contribution in [0.25, 0.3) is 0 Å². The number of aryl methyl sites for hydroxylation is 1. The molecular formula is C16H28N2O2. The van der Waals surface area contributed by atoms with Crippen LogP contribution in [-0.4, -0.2) is 37.7 Å². The predicted octanol–water partition coefficient (Wildman–Crippen LogP) is 2.72. The topological polar surface area (TPSA) is 51.6 Å². The lowest BCUT2D eigenvalue weighted by Crippen LogP contribution is -2.46. The summed E-state index contributed by atoms with van der Waals surface area (Å²) in [5.41, 5.74) is 6.38. The van der Waals surface area contributed by atoms with Crippen LogP contribution in [0, 0.1) is 12.8 Å². The number of likely N-dealkylation sites (tertiary alicyclic amines) is 1. The number of nitrogens with zero attached hydrogens (tertiary/aromatic N) is 1. The number of furan rings is 1. The third-order valence-corrected chi connectivity index (χ3v) is 4.28. The molecule has 1 aromatic rings. The van der Waals surface area contributed by atoms with E-state index in [9.17, 15) is 0 Å². The van der Waals surface area contributed by atoms with Gasteiger partial charge in [-0.2, -0.15) is 0 Å². The molecule has 1 fully saturated rings. The van der Waals surface area contributed by atoms with Crippen molar-refractivity contribution < 1.29 is 9.15 Å². The van der Waals surface area contributed by atoms with Crippen molar-refractivity contribution in [2.75, 3.05) is 26.8 Å². The largest absolute Gasteiger partial charge is 0.465 e. The van der Waals surface area contributed by atoms with Gasteiger partial charge in [0.1, 0.15) is 11.5 Å². The summed E-state index contributed by atoms with van der Waals surface area (Å²) < 4.78 is 11.2. The fourth-order valence-electron chi connectivity index (χ4n) is 3.22. The fourth-order valence-corrected chi connectivity index (χ4v) is 3.22. The van der Waals surface area contributed by atoms with E-state index in [1.54, 1.807) is 7.11 Å². The van der Waals surface area contributed by atoms with Crippen molar-refractivity contribution in [2.45, 2.75) is 45.2 Å². The Morgan fingerprint density at radius 3 is 2.90 bits per heavy atom. The molecule has 1 aliphatic heterocycles. The Labute approximate surface area is 122 Å². The number of ether oxygens (including phenoxy) is 1. The molecule has 0 amide bonds. The van der Waals surface area contributed by atoms with Gasteiger partial charge in [0.2, 0.25) is 0 Å². The molecule has 2 heterocycles. The molecule has 1 saturated heterocycles. The van der Waals surface area contributed by atoms with Gasteiger partial charge in [0.05, 0.1) is 12.6 Å². The fraction of sp³-hybridized carbons (Fsp3) is 0.750. The van der Waals surface area contributed by atoms with Gasteiger partial charge in [-0.3, -0.25) is 4.90 Å². The monoisotopic (exact) mass is 280 g/mol. The van der Waals surface area contributed by atoms with Crippen LogP contribution in [0.5, 0.6) is 0 Å². The van der Waals surface area contributed by atoms with Crippen LogP contribution in [0.15, 0.2) is 16.5 Å². The van der Waals surface area contributed by atoms with E-state index >= 15 is 0 Å². The zero-order valence-electron chi connectivity index (χ0n) is 13.0. The third kappa shape index (κ3) is 3.62. The second-order valence-electron chi connectivity index (χ2n) is 5.92. The summed E-state index contributed by atoms with van der Waals surface area (Å²) in [4.78, 5) is 2.49. The van der Waals surface area contributed by atoms with Crippen molar-refractivity contribution >= 4 is 0 Å². The molecule has 114 valence electrons. The summed E-state index contributed by atoms with van der Waals surface area (Å²) in [5.74, 6) is 2.57. The molecule has 0 saturated carbocycles. The molecule has 1 aromatic heterocycles. The molecule has 4 heteroatoms. The Kier molecular flexibility index (Phi) is 5.64. The van der Waals surface area contributed by atoms with Crippen LogP contribution >= 0.6 is 0 Å². The van der Waals surface area contributed by atoms with Gasteiger partial charge in [0.25, 0.3) is 0 Å². The molecule has 0 radical (unpaired) electrons. The number of piperidine rings is 1. The quantitative estimate of drug-likeness (QED) is 0.870. The molecular weight excluding hydrogens is 252 g/mol. The summed E-state index contributed by atoms with van der Waals surface area (Å²) in [7, 11) is 1.78. The van der Waals surface area contributed by atoms with Gasteiger partial charge >= 0.3 is 0 Å². The number of rotatable bonds is 6. The highest BCUT2D eigenvalue weighted by molar-refractivity contribution is 5.12. The molecule has 0 aliphatic carbocycles. The molecule has 0 aromatic carbocycles. The Balaban J connectivity index is 2.14. The Hall–Kier alpha value is -0.840. The van der Waals surface area contributed by atoms with Crippen molar-refractivity contribution in [2.24, 2.45) is 11.7 Å². The van der Waals surface area contributed by atoms with E-state index in [0.717, 1.165) is 37.6 Å². The first-order valence-corrected chi connectivity index (χ1v) is 7.70. The lowest BCUT2D eigenvalue weighted by molar-refractivity contribution is 0.0525. The minimum Gasteiger partial charge on any atom is -0.465 e. The van der Waals surface area contributed by atoms with Crippen molar-refractivity contribution in [3.63, 3.8) is 0 Å². The number of hydrogen-bond donors (Lipinski definition) is 1. The predicted molar refractivity (Wildman–Crippen MR) is 80.6 cm³/mol. The Bertz CT molecular complexity index is 403. The van der Waals surface area contributed by atoms with E-state index in [1.807, 2.05) is 13.0 Å². The zero-order chi connectivity index (χ0) is 14.5. The molecule has 0 bridgehead atoms. The Morgan fingerprint density at radius 2 is 2.30 bits per heavy atom. The summed E-state index contributed by atoms with van der Waals surface area (Å²) in [6, 6.07) is 4.41. The van der Waals surface area contributed by atoms with E-state index in [4.69, 9.17) is 14.9 Å².